The summed E-state index contributed by atoms with van der Waals surface area (Å²) in [5, 5.41) is 14.7. The molecule has 27 heavy (non-hydrogen) atoms. The number of rotatable bonds is 5. The van der Waals surface area contributed by atoms with Crippen molar-refractivity contribution in [3.05, 3.63) is 36.9 Å². The van der Waals surface area contributed by atoms with Gasteiger partial charge in [0.1, 0.15) is 12.7 Å². The minimum absolute atomic E-state index is 0.0190. The van der Waals surface area contributed by atoms with Gasteiger partial charge in [-0.25, -0.2) is 9.67 Å². The van der Waals surface area contributed by atoms with Gasteiger partial charge in [0, 0.05) is 13.1 Å². The van der Waals surface area contributed by atoms with Gasteiger partial charge in [-0.15, -0.1) is 0 Å². The summed E-state index contributed by atoms with van der Waals surface area (Å²) in [4.78, 5) is 18.4. The molecular weight excluding hydrogens is 348 g/mol. The topological polar surface area (TPSA) is 89.7 Å². The van der Waals surface area contributed by atoms with Crippen molar-refractivity contribution in [2.45, 2.75) is 25.0 Å². The van der Waals surface area contributed by atoms with Crippen molar-refractivity contribution >= 4 is 5.91 Å². The molecule has 8 nitrogen and oxygen atoms in total. The number of nitrogens with zero attached hydrogens (tertiary/aromatic N) is 4. The molecule has 1 aromatic heterocycles. The number of benzene rings is 1. The van der Waals surface area contributed by atoms with E-state index in [1.54, 1.807) is 30.3 Å². The predicted molar refractivity (Wildman–Crippen MR) is 96.3 cm³/mol. The Kier molecular flexibility index (Phi) is 4.98. The van der Waals surface area contributed by atoms with Gasteiger partial charge in [-0.05, 0) is 36.8 Å². The van der Waals surface area contributed by atoms with E-state index in [0.29, 0.717) is 42.8 Å². The average molecular weight is 372 g/mol. The van der Waals surface area contributed by atoms with Crippen LogP contribution in [0.2, 0.25) is 0 Å². The maximum atomic E-state index is 12.6. The molecule has 1 amide bonds. The predicted octanol–water partition coefficient (Wildman–Crippen LogP) is 1.14. The van der Waals surface area contributed by atoms with Gasteiger partial charge in [0.2, 0.25) is 0 Å². The lowest BCUT2D eigenvalue weighted by Gasteiger charge is -2.34. The highest BCUT2D eigenvalue weighted by Gasteiger charge is 2.43. The number of para-hydroxylation sites is 2. The fourth-order valence-corrected chi connectivity index (χ4v) is 4.25. The van der Waals surface area contributed by atoms with Crippen molar-refractivity contribution in [2.75, 3.05) is 26.8 Å². The standard InChI is InChI=1S/C19H24N4O4/c1-26-17-4-2-3-5-18(17)27-10-19(25)22-8-13-6-15(23-12-20-11-21-23)16(24)7-14(13)9-22/h2-5,11-16,24H,6-10H2,1H3/t13-,14+,15-,16-/m1/s1. The first-order valence-electron chi connectivity index (χ1n) is 9.21. The number of carbonyl (C=O) groups excluding carboxylic acids is 1. The Morgan fingerprint density at radius 3 is 2.67 bits per heavy atom. The molecule has 0 radical (unpaired) electrons. The van der Waals surface area contributed by atoms with Crippen LogP contribution in [0.1, 0.15) is 18.9 Å². The molecule has 2 fully saturated rings. The van der Waals surface area contributed by atoms with Crippen molar-refractivity contribution < 1.29 is 19.4 Å². The summed E-state index contributed by atoms with van der Waals surface area (Å²) >= 11 is 0. The normalized spacial score (nSPS) is 27.3. The van der Waals surface area contributed by atoms with E-state index in [1.807, 2.05) is 17.0 Å². The number of ether oxygens (including phenoxy) is 2. The Morgan fingerprint density at radius 1 is 1.22 bits per heavy atom. The molecule has 1 aliphatic carbocycles. The van der Waals surface area contributed by atoms with Crippen LogP contribution in [0.4, 0.5) is 0 Å². The molecule has 2 heterocycles. The van der Waals surface area contributed by atoms with E-state index in [9.17, 15) is 9.90 Å². The van der Waals surface area contributed by atoms with E-state index < -0.39 is 6.10 Å². The van der Waals surface area contributed by atoms with Crippen molar-refractivity contribution in [2.24, 2.45) is 11.8 Å². The molecule has 2 aliphatic rings. The van der Waals surface area contributed by atoms with E-state index in [-0.39, 0.29) is 18.6 Å². The van der Waals surface area contributed by atoms with Gasteiger partial charge in [0.25, 0.3) is 5.91 Å². The van der Waals surface area contributed by atoms with Crippen LogP contribution in [-0.4, -0.2) is 63.6 Å². The summed E-state index contributed by atoms with van der Waals surface area (Å²) in [6.07, 6.45) is 4.14. The Labute approximate surface area is 157 Å². The van der Waals surface area contributed by atoms with Crippen LogP contribution in [0.3, 0.4) is 0 Å². The molecule has 0 bridgehead atoms. The number of likely N-dealkylation sites (tertiary alicyclic amines) is 1. The summed E-state index contributed by atoms with van der Waals surface area (Å²) in [7, 11) is 1.58. The van der Waals surface area contributed by atoms with Gasteiger partial charge in [0.15, 0.2) is 18.1 Å². The van der Waals surface area contributed by atoms with Crippen LogP contribution in [0, 0.1) is 11.8 Å². The van der Waals surface area contributed by atoms with Crippen LogP contribution < -0.4 is 9.47 Å². The van der Waals surface area contributed by atoms with Gasteiger partial charge < -0.3 is 19.5 Å². The first kappa shape index (κ1) is 17.8. The van der Waals surface area contributed by atoms with E-state index in [1.165, 1.54) is 6.33 Å². The minimum Gasteiger partial charge on any atom is -0.493 e. The highest BCUT2D eigenvalue weighted by molar-refractivity contribution is 5.78. The summed E-state index contributed by atoms with van der Waals surface area (Å²) in [5.74, 6) is 1.81. The van der Waals surface area contributed by atoms with Crippen molar-refractivity contribution in [1.82, 2.24) is 19.7 Å². The summed E-state index contributed by atoms with van der Waals surface area (Å²) in [6.45, 7) is 1.34. The molecule has 0 unspecified atom stereocenters. The third-order valence-electron chi connectivity index (χ3n) is 5.66. The largest absolute Gasteiger partial charge is 0.493 e. The molecule has 0 spiro atoms. The smallest absolute Gasteiger partial charge is 0.260 e. The number of aromatic nitrogens is 3. The van der Waals surface area contributed by atoms with Crippen molar-refractivity contribution in [1.29, 1.82) is 0 Å². The van der Waals surface area contributed by atoms with E-state index in [2.05, 4.69) is 10.1 Å². The number of amides is 1. The Morgan fingerprint density at radius 2 is 1.96 bits per heavy atom. The number of aliphatic hydroxyl groups excluding tert-OH is 1. The third kappa shape index (κ3) is 3.62. The third-order valence-corrected chi connectivity index (χ3v) is 5.66. The molecule has 4 rings (SSSR count). The number of hydrogen-bond acceptors (Lipinski definition) is 6. The second kappa shape index (κ2) is 7.56. The van der Waals surface area contributed by atoms with E-state index in [0.717, 1.165) is 6.42 Å². The minimum atomic E-state index is -0.465. The van der Waals surface area contributed by atoms with Crippen LogP contribution in [-0.2, 0) is 4.79 Å². The molecular formula is C19H24N4O4. The molecule has 144 valence electrons. The summed E-state index contributed by atoms with van der Waals surface area (Å²) in [5.41, 5.74) is 0. The van der Waals surface area contributed by atoms with Crippen LogP contribution in [0.25, 0.3) is 0 Å². The van der Waals surface area contributed by atoms with E-state index >= 15 is 0 Å². The first-order valence-corrected chi connectivity index (χ1v) is 9.21. The zero-order valence-electron chi connectivity index (χ0n) is 15.3. The number of fused-ring (bicyclic) bond motifs is 1. The Hall–Kier alpha value is -2.61. The molecule has 1 saturated carbocycles. The van der Waals surface area contributed by atoms with E-state index in [4.69, 9.17) is 9.47 Å². The van der Waals surface area contributed by atoms with Gasteiger partial charge >= 0.3 is 0 Å². The summed E-state index contributed by atoms with van der Waals surface area (Å²) in [6, 6.07) is 7.22. The second-order valence-corrected chi connectivity index (χ2v) is 7.24. The molecule has 1 saturated heterocycles. The monoisotopic (exact) mass is 372 g/mol. The van der Waals surface area contributed by atoms with Crippen LogP contribution in [0.5, 0.6) is 11.5 Å². The SMILES string of the molecule is COc1ccccc1OCC(=O)N1C[C@H]2C[C@@H](n3cncn3)[C@H](O)C[C@H]2C1. The van der Waals surface area contributed by atoms with Crippen LogP contribution in [0.15, 0.2) is 36.9 Å². The number of methoxy groups -OCH3 is 1. The van der Waals surface area contributed by atoms with Crippen molar-refractivity contribution in [3.63, 3.8) is 0 Å². The van der Waals surface area contributed by atoms with Crippen LogP contribution >= 0.6 is 0 Å². The lowest BCUT2D eigenvalue weighted by Crippen LogP contribution is -2.36. The summed E-state index contributed by atoms with van der Waals surface area (Å²) < 4.78 is 12.6. The van der Waals surface area contributed by atoms with Gasteiger partial charge in [-0.3, -0.25) is 4.79 Å². The lowest BCUT2D eigenvalue weighted by molar-refractivity contribution is -0.132. The maximum Gasteiger partial charge on any atom is 0.260 e. The highest BCUT2D eigenvalue weighted by Crippen LogP contribution is 2.41. The first-order chi connectivity index (χ1) is 13.2. The van der Waals surface area contributed by atoms with Crippen molar-refractivity contribution in [3.8, 4) is 11.5 Å². The molecule has 4 atom stereocenters. The second-order valence-electron chi connectivity index (χ2n) is 7.24. The lowest BCUT2D eigenvalue weighted by atomic mass is 9.77. The average Bonchev–Trinajstić information content (AvgIpc) is 3.35. The van der Waals surface area contributed by atoms with Gasteiger partial charge in [-0.2, -0.15) is 5.10 Å². The molecule has 1 N–H and O–H groups in total. The Bertz CT molecular complexity index is 782. The number of hydrogen-bond donors (Lipinski definition) is 1. The number of aliphatic hydroxyl groups is 1. The zero-order chi connectivity index (χ0) is 18.8. The maximum absolute atomic E-state index is 12.6. The molecule has 8 heteroatoms. The van der Waals surface area contributed by atoms with Gasteiger partial charge in [-0.1, -0.05) is 12.1 Å². The highest BCUT2D eigenvalue weighted by atomic mass is 16.5. The molecule has 2 aromatic rings. The fraction of sp³-hybridized carbons (Fsp3) is 0.526. The Balaban J connectivity index is 1.35. The quantitative estimate of drug-likeness (QED) is 0.846. The molecule has 1 aliphatic heterocycles. The van der Waals surface area contributed by atoms with Gasteiger partial charge in [0.05, 0.1) is 19.3 Å². The molecule has 1 aromatic carbocycles. The zero-order valence-corrected chi connectivity index (χ0v) is 15.3. The fourth-order valence-electron chi connectivity index (χ4n) is 4.25. The number of carbonyl (C=O) groups is 1.